The number of nitrogens with zero attached hydrogens (tertiary/aromatic N) is 2. The van der Waals surface area contributed by atoms with Gasteiger partial charge in [-0.25, -0.2) is 13.2 Å². The Labute approximate surface area is 219 Å². The first-order valence-electron chi connectivity index (χ1n) is 11.2. The van der Waals surface area contributed by atoms with E-state index < -0.39 is 34.3 Å². The fourth-order valence-electron chi connectivity index (χ4n) is 3.86. The Balaban J connectivity index is 2.19. The number of hydrogen-bond donors (Lipinski definition) is 0. The molecule has 0 radical (unpaired) electrons. The van der Waals surface area contributed by atoms with E-state index in [1.54, 1.807) is 0 Å². The lowest BCUT2D eigenvalue weighted by atomic mass is 9.96. The highest BCUT2D eigenvalue weighted by Gasteiger charge is 2.38. The van der Waals surface area contributed by atoms with E-state index in [4.69, 9.17) is 16.3 Å². The van der Waals surface area contributed by atoms with Crippen molar-refractivity contribution in [2.24, 2.45) is 5.41 Å². The molecular weight excluding hydrogens is 529 g/mol. The molecule has 200 valence electrons. The van der Waals surface area contributed by atoms with Gasteiger partial charge in [0.2, 0.25) is 5.88 Å². The van der Waals surface area contributed by atoms with Crippen LogP contribution >= 0.6 is 11.6 Å². The van der Waals surface area contributed by atoms with Crippen LogP contribution in [0.4, 0.5) is 18.0 Å². The Kier molecular flexibility index (Phi) is 8.05. The van der Waals surface area contributed by atoms with Gasteiger partial charge in [-0.05, 0) is 46.9 Å². The van der Waals surface area contributed by atoms with Gasteiger partial charge >= 0.3 is 12.3 Å². The van der Waals surface area contributed by atoms with Gasteiger partial charge in [0.15, 0.2) is 9.84 Å². The molecule has 1 aromatic heterocycles. The topological polar surface area (TPSA) is 68.6 Å². The molecule has 0 saturated heterocycles. The minimum absolute atomic E-state index is 0.0351. The molecular formula is C26H28ClF3N2O4S. The number of carbonyl (C=O) groups is 1. The summed E-state index contributed by atoms with van der Waals surface area (Å²) in [5.74, 6) is -0.315. The monoisotopic (exact) mass is 556 g/mol. The Morgan fingerprint density at radius 2 is 1.68 bits per heavy atom. The molecule has 6 nitrogen and oxygen atoms in total. The highest BCUT2D eigenvalue weighted by atomic mass is 35.5. The fourth-order valence-corrected chi connectivity index (χ4v) is 4.68. The standard InChI is InChI=1S/C26H28ClF3N2O4S/c1-25(2,3)16-31(4)24(33)36-23-21(18-9-11-19(27)12-10-18)14-22(26(28,29)30)32(23)15-17-7-6-8-20(13-17)37(5,34)35/h6-14H,15-16H2,1-5H3. The van der Waals surface area contributed by atoms with Crippen molar-refractivity contribution >= 4 is 27.5 Å². The molecule has 0 aliphatic heterocycles. The van der Waals surface area contributed by atoms with Crippen molar-refractivity contribution < 1.29 is 31.1 Å². The third-order valence-corrected chi connectivity index (χ3v) is 6.73. The predicted molar refractivity (Wildman–Crippen MR) is 137 cm³/mol. The summed E-state index contributed by atoms with van der Waals surface area (Å²) in [7, 11) is -2.09. The molecule has 0 N–H and O–H groups in total. The second-order valence-electron chi connectivity index (χ2n) is 10.0. The Bertz CT molecular complexity index is 1390. The summed E-state index contributed by atoms with van der Waals surface area (Å²) in [6, 6.07) is 12.6. The first-order valence-corrected chi connectivity index (χ1v) is 13.5. The summed E-state index contributed by atoms with van der Waals surface area (Å²) in [6.07, 6.45) is -4.61. The van der Waals surface area contributed by atoms with E-state index in [2.05, 4.69) is 0 Å². The number of ether oxygens (including phenoxy) is 1. The molecule has 11 heteroatoms. The average molecular weight is 557 g/mol. The molecule has 1 amide bonds. The van der Waals surface area contributed by atoms with Gasteiger partial charge in [0.1, 0.15) is 5.69 Å². The molecule has 3 rings (SSSR count). The molecule has 0 aliphatic carbocycles. The van der Waals surface area contributed by atoms with E-state index in [0.29, 0.717) is 17.1 Å². The van der Waals surface area contributed by atoms with Crippen molar-refractivity contribution in [2.45, 2.75) is 38.4 Å². The zero-order valence-corrected chi connectivity index (χ0v) is 22.6. The van der Waals surface area contributed by atoms with E-state index in [-0.39, 0.29) is 27.3 Å². The lowest BCUT2D eigenvalue weighted by Crippen LogP contribution is -2.36. The maximum absolute atomic E-state index is 14.2. The smallest absolute Gasteiger partial charge is 0.392 e. The zero-order valence-electron chi connectivity index (χ0n) is 21.1. The third-order valence-electron chi connectivity index (χ3n) is 5.37. The number of carbonyl (C=O) groups excluding carboxylic acids is 1. The maximum Gasteiger partial charge on any atom is 0.431 e. The Morgan fingerprint density at radius 1 is 1.05 bits per heavy atom. The molecule has 0 saturated carbocycles. The highest BCUT2D eigenvalue weighted by Crippen LogP contribution is 2.42. The molecule has 0 aliphatic rings. The number of halogens is 4. The average Bonchev–Trinajstić information content (AvgIpc) is 3.11. The van der Waals surface area contributed by atoms with Crippen molar-refractivity contribution in [3.8, 4) is 17.0 Å². The van der Waals surface area contributed by atoms with Crippen LogP contribution in [0.2, 0.25) is 5.02 Å². The highest BCUT2D eigenvalue weighted by molar-refractivity contribution is 7.90. The van der Waals surface area contributed by atoms with E-state index in [0.717, 1.165) is 16.9 Å². The molecule has 3 aromatic rings. The van der Waals surface area contributed by atoms with Gasteiger partial charge in [0, 0.05) is 30.4 Å². The Hall–Kier alpha value is -2.98. The number of benzene rings is 2. The normalized spacial score (nSPS) is 12.5. The molecule has 0 spiro atoms. The first kappa shape index (κ1) is 28.6. The van der Waals surface area contributed by atoms with Crippen LogP contribution in [0.3, 0.4) is 0 Å². The van der Waals surface area contributed by atoms with Crippen LogP contribution in [0.15, 0.2) is 59.5 Å². The summed E-state index contributed by atoms with van der Waals surface area (Å²) in [4.78, 5) is 14.2. The zero-order chi connectivity index (χ0) is 27.8. The lowest BCUT2D eigenvalue weighted by Gasteiger charge is -2.26. The second-order valence-corrected chi connectivity index (χ2v) is 12.5. The number of sulfone groups is 1. The van der Waals surface area contributed by atoms with Crippen LogP contribution in [0, 0.1) is 5.41 Å². The molecule has 0 bridgehead atoms. The summed E-state index contributed by atoms with van der Waals surface area (Å²) >= 11 is 5.97. The molecule has 2 aromatic carbocycles. The summed E-state index contributed by atoms with van der Waals surface area (Å²) in [5, 5.41) is 0.389. The molecule has 0 fully saturated rings. The van der Waals surface area contributed by atoms with Gasteiger partial charge in [-0.3, -0.25) is 0 Å². The quantitative estimate of drug-likeness (QED) is 0.336. The minimum Gasteiger partial charge on any atom is -0.392 e. The lowest BCUT2D eigenvalue weighted by molar-refractivity contribution is -0.143. The van der Waals surface area contributed by atoms with Crippen molar-refractivity contribution in [2.75, 3.05) is 19.8 Å². The van der Waals surface area contributed by atoms with Gasteiger partial charge < -0.3 is 14.2 Å². The third kappa shape index (κ3) is 7.29. The van der Waals surface area contributed by atoms with Crippen LogP contribution in [0.25, 0.3) is 11.1 Å². The van der Waals surface area contributed by atoms with E-state index in [9.17, 15) is 26.4 Å². The van der Waals surface area contributed by atoms with E-state index in [1.807, 2.05) is 20.8 Å². The van der Waals surface area contributed by atoms with Gasteiger partial charge in [0.05, 0.1) is 11.4 Å². The molecule has 1 heterocycles. The number of alkyl halides is 3. The molecule has 0 unspecified atom stereocenters. The molecule has 37 heavy (non-hydrogen) atoms. The van der Waals surface area contributed by atoms with Crippen molar-refractivity contribution in [1.29, 1.82) is 0 Å². The van der Waals surface area contributed by atoms with E-state index in [1.165, 1.54) is 60.5 Å². The van der Waals surface area contributed by atoms with Crippen molar-refractivity contribution in [3.05, 3.63) is 70.9 Å². The SMILES string of the molecule is CN(CC(C)(C)C)C(=O)Oc1c(-c2ccc(Cl)cc2)cc(C(F)(F)F)n1Cc1cccc(S(C)(=O)=O)c1. The minimum atomic E-state index is -4.79. The van der Waals surface area contributed by atoms with Gasteiger partial charge in [0.25, 0.3) is 0 Å². The summed E-state index contributed by atoms with van der Waals surface area (Å²) in [6.45, 7) is 5.64. The largest absolute Gasteiger partial charge is 0.431 e. The van der Waals surface area contributed by atoms with Crippen LogP contribution in [-0.4, -0.2) is 43.8 Å². The van der Waals surface area contributed by atoms with E-state index >= 15 is 0 Å². The number of aromatic nitrogens is 1. The number of amides is 1. The van der Waals surface area contributed by atoms with Crippen LogP contribution in [0.1, 0.15) is 32.0 Å². The van der Waals surface area contributed by atoms with Crippen molar-refractivity contribution in [3.63, 3.8) is 0 Å². The molecule has 0 atom stereocenters. The van der Waals surface area contributed by atoms with Crippen molar-refractivity contribution in [1.82, 2.24) is 9.47 Å². The van der Waals surface area contributed by atoms with Crippen LogP contribution in [0.5, 0.6) is 5.88 Å². The Morgan fingerprint density at radius 3 is 2.22 bits per heavy atom. The van der Waals surface area contributed by atoms with Gasteiger partial charge in [-0.1, -0.05) is 56.6 Å². The van der Waals surface area contributed by atoms with Crippen LogP contribution < -0.4 is 4.74 Å². The number of rotatable bonds is 6. The van der Waals surface area contributed by atoms with Gasteiger partial charge in [-0.2, -0.15) is 13.2 Å². The van der Waals surface area contributed by atoms with Crippen LogP contribution in [-0.2, 0) is 22.6 Å². The first-order chi connectivity index (χ1) is 17.0. The predicted octanol–water partition coefficient (Wildman–Crippen LogP) is 6.76. The fraction of sp³-hybridized carbons (Fsp3) is 0.346. The number of hydrogen-bond acceptors (Lipinski definition) is 4. The van der Waals surface area contributed by atoms with Gasteiger partial charge in [-0.15, -0.1) is 0 Å². The maximum atomic E-state index is 14.2. The summed E-state index contributed by atoms with van der Waals surface area (Å²) < 4.78 is 73.1. The second kappa shape index (κ2) is 10.4. The summed E-state index contributed by atoms with van der Waals surface area (Å²) in [5.41, 5.74) is -0.645.